The molecule has 0 saturated carbocycles. The van der Waals surface area contributed by atoms with Crippen molar-refractivity contribution >= 4 is 11.7 Å². The number of likely N-dealkylation sites (tertiary alicyclic amines) is 2. The summed E-state index contributed by atoms with van der Waals surface area (Å²) in [6.45, 7) is 2.04. The van der Waals surface area contributed by atoms with Crippen molar-refractivity contribution in [3.8, 4) is 0 Å². The number of hydrogen-bond acceptors (Lipinski definition) is 4. The molecule has 2 aliphatic rings. The van der Waals surface area contributed by atoms with Crippen LogP contribution in [0.25, 0.3) is 0 Å². The van der Waals surface area contributed by atoms with Crippen LogP contribution in [0.3, 0.4) is 0 Å². The van der Waals surface area contributed by atoms with Crippen molar-refractivity contribution in [1.29, 1.82) is 0 Å². The van der Waals surface area contributed by atoms with E-state index in [0.29, 0.717) is 12.1 Å². The molecule has 120 valence electrons. The normalized spacial score (nSPS) is 25.7. The van der Waals surface area contributed by atoms with Gasteiger partial charge in [0.15, 0.2) is 0 Å². The Labute approximate surface area is 132 Å². The van der Waals surface area contributed by atoms with E-state index < -0.39 is 0 Å². The van der Waals surface area contributed by atoms with Gasteiger partial charge in [0, 0.05) is 44.5 Å². The zero-order valence-corrected chi connectivity index (χ0v) is 13.8. The number of pyridine rings is 1. The van der Waals surface area contributed by atoms with E-state index in [1.807, 2.05) is 31.1 Å². The van der Waals surface area contributed by atoms with Crippen LogP contribution >= 0.6 is 0 Å². The second kappa shape index (κ2) is 6.24. The second-order valence-corrected chi connectivity index (χ2v) is 6.70. The Morgan fingerprint density at radius 1 is 1.23 bits per heavy atom. The monoisotopic (exact) mass is 302 g/mol. The van der Waals surface area contributed by atoms with Crippen LogP contribution in [0.5, 0.6) is 0 Å². The molecule has 2 unspecified atom stereocenters. The van der Waals surface area contributed by atoms with Gasteiger partial charge in [-0.2, -0.15) is 0 Å². The fourth-order valence-electron chi connectivity index (χ4n) is 3.83. The predicted octanol–water partition coefficient (Wildman–Crippen LogP) is 1.85. The van der Waals surface area contributed by atoms with Crippen LogP contribution in [-0.4, -0.2) is 67.0 Å². The predicted molar refractivity (Wildman–Crippen MR) is 88.3 cm³/mol. The number of carbonyl (C=O) groups excluding carboxylic acids is 1. The van der Waals surface area contributed by atoms with Gasteiger partial charge in [0.1, 0.15) is 5.82 Å². The van der Waals surface area contributed by atoms with Gasteiger partial charge in [-0.15, -0.1) is 0 Å². The molecule has 1 amide bonds. The number of aromatic nitrogens is 1. The Kier molecular flexibility index (Phi) is 4.34. The van der Waals surface area contributed by atoms with Crippen LogP contribution in [0.4, 0.5) is 5.82 Å². The van der Waals surface area contributed by atoms with Gasteiger partial charge >= 0.3 is 0 Å². The smallest absolute Gasteiger partial charge is 0.254 e. The van der Waals surface area contributed by atoms with E-state index in [1.165, 1.54) is 12.8 Å². The van der Waals surface area contributed by atoms with E-state index in [0.717, 1.165) is 37.3 Å². The van der Waals surface area contributed by atoms with Gasteiger partial charge in [0.25, 0.3) is 5.91 Å². The summed E-state index contributed by atoms with van der Waals surface area (Å²) in [5.41, 5.74) is 0.756. The molecule has 3 rings (SSSR count). The largest absolute Gasteiger partial charge is 0.363 e. The number of likely N-dealkylation sites (N-methyl/N-ethyl adjacent to an activating group) is 1. The minimum Gasteiger partial charge on any atom is -0.363 e. The maximum absolute atomic E-state index is 13.0. The first-order chi connectivity index (χ1) is 10.6. The molecule has 0 aromatic carbocycles. The topological polar surface area (TPSA) is 39.7 Å². The molecular weight excluding hydrogens is 276 g/mol. The van der Waals surface area contributed by atoms with E-state index >= 15 is 0 Å². The number of hydrogen-bond donors (Lipinski definition) is 0. The number of anilines is 1. The first kappa shape index (κ1) is 15.3. The minimum absolute atomic E-state index is 0.160. The van der Waals surface area contributed by atoms with Gasteiger partial charge in [0.2, 0.25) is 0 Å². The molecule has 0 radical (unpaired) electrons. The molecule has 1 aromatic rings. The molecule has 0 bridgehead atoms. The summed E-state index contributed by atoms with van der Waals surface area (Å²) in [6.07, 6.45) is 6.44. The standard InChI is InChI=1S/C17H26N4O/c1-19(2)16-12-13(8-9-18-16)17(22)21-11-5-7-15(21)14-6-4-10-20(14)3/h8-9,12,14-15H,4-7,10-11H2,1-3H3. The van der Waals surface area contributed by atoms with E-state index in [9.17, 15) is 4.79 Å². The van der Waals surface area contributed by atoms with Crippen molar-refractivity contribution in [1.82, 2.24) is 14.8 Å². The summed E-state index contributed by atoms with van der Waals surface area (Å²) >= 11 is 0. The first-order valence-electron chi connectivity index (χ1n) is 8.22. The summed E-state index contributed by atoms with van der Waals surface area (Å²) in [6, 6.07) is 4.64. The molecule has 1 aromatic heterocycles. The molecular formula is C17H26N4O. The number of nitrogens with zero attached hydrogens (tertiary/aromatic N) is 4. The maximum atomic E-state index is 13.0. The average Bonchev–Trinajstić information content (AvgIpc) is 3.14. The van der Waals surface area contributed by atoms with E-state index in [1.54, 1.807) is 6.20 Å². The third-order valence-corrected chi connectivity index (χ3v) is 5.03. The zero-order chi connectivity index (χ0) is 15.7. The Bertz CT molecular complexity index is 545. The third kappa shape index (κ3) is 2.82. The Hall–Kier alpha value is -1.62. The van der Waals surface area contributed by atoms with Crippen molar-refractivity contribution in [3.05, 3.63) is 23.9 Å². The van der Waals surface area contributed by atoms with Gasteiger partial charge in [0.05, 0.1) is 0 Å². The second-order valence-electron chi connectivity index (χ2n) is 6.70. The molecule has 2 aliphatic heterocycles. The highest BCUT2D eigenvalue weighted by Gasteiger charge is 2.38. The van der Waals surface area contributed by atoms with E-state index in [4.69, 9.17) is 0 Å². The molecule has 0 aliphatic carbocycles. The summed E-state index contributed by atoms with van der Waals surface area (Å²) in [4.78, 5) is 23.7. The van der Waals surface area contributed by atoms with Crippen LogP contribution in [0.15, 0.2) is 18.3 Å². The molecule has 5 heteroatoms. The third-order valence-electron chi connectivity index (χ3n) is 5.03. The Morgan fingerprint density at radius 2 is 1.95 bits per heavy atom. The Balaban J connectivity index is 1.80. The molecule has 22 heavy (non-hydrogen) atoms. The van der Waals surface area contributed by atoms with Gasteiger partial charge in [-0.05, 0) is 51.4 Å². The zero-order valence-electron chi connectivity index (χ0n) is 13.8. The van der Waals surface area contributed by atoms with E-state index in [-0.39, 0.29) is 5.91 Å². The molecule has 2 fully saturated rings. The lowest BCUT2D eigenvalue weighted by molar-refractivity contribution is 0.0664. The summed E-state index contributed by atoms with van der Waals surface area (Å²) in [5.74, 6) is 0.993. The van der Waals surface area contributed by atoms with Crippen molar-refractivity contribution in [2.24, 2.45) is 0 Å². The quantitative estimate of drug-likeness (QED) is 0.854. The van der Waals surface area contributed by atoms with Gasteiger partial charge in [-0.25, -0.2) is 4.98 Å². The molecule has 2 saturated heterocycles. The summed E-state index contributed by atoms with van der Waals surface area (Å²) < 4.78 is 0. The molecule has 5 nitrogen and oxygen atoms in total. The first-order valence-corrected chi connectivity index (χ1v) is 8.22. The van der Waals surface area contributed by atoms with Gasteiger partial charge < -0.3 is 14.7 Å². The lowest BCUT2D eigenvalue weighted by Crippen LogP contribution is -2.47. The average molecular weight is 302 g/mol. The van der Waals surface area contributed by atoms with Crippen LogP contribution in [-0.2, 0) is 0 Å². The van der Waals surface area contributed by atoms with Gasteiger partial charge in [-0.1, -0.05) is 0 Å². The number of carbonyl (C=O) groups is 1. The fraction of sp³-hybridized carbons (Fsp3) is 0.647. The summed E-state index contributed by atoms with van der Waals surface area (Å²) in [5, 5.41) is 0. The van der Waals surface area contributed by atoms with Gasteiger partial charge in [-0.3, -0.25) is 4.79 Å². The lowest BCUT2D eigenvalue weighted by Gasteiger charge is -2.33. The Morgan fingerprint density at radius 3 is 2.64 bits per heavy atom. The van der Waals surface area contributed by atoms with Crippen LogP contribution in [0.1, 0.15) is 36.0 Å². The SMILES string of the molecule is CN(C)c1cc(C(=O)N2CCCC2C2CCCN2C)ccn1. The molecule has 2 atom stereocenters. The van der Waals surface area contributed by atoms with Crippen LogP contribution < -0.4 is 4.90 Å². The van der Waals surface area contributed by atoms with Crippen molar-refractivity contribution in [3.63, 3.8) is 0 Å². The molecule has 0 spiro atoms. The van der Waals surface area contributed by atoms with Crippen LogP contribution in [0, 0.1) is 0 Å². The highest BCUT2D eigenvalue weighted by Crippen LogP contribution is 2.30. The highest BCUT2D eigenvalue weighted by atomic mass is 16.2. The van der Waals surface area contributed by atoms with Crippen LogP contribution in [0.2, 0.25) is 0 Å². The van der Waals surface area contributed by atoms with Crippen molar-refractivity contribution in [2.45, 2.75) is 37.8 Å². The summed E-state index contributed by atoms with van der Waals surface area (Å²) in [7, 11) is 6.08. The fourth-order valence-corrected chi connectivity index (χ4v) is 3.83. The van der Waals surface area contributed by atoms with Crippen molar-refractivity contribution in [2.75, 3.05) is 39.1 Å². The lowest BCUT2D eigenvalue weighted by atomic mass is 10.0. The highest BCUT2D eigenvalue weighted by molar-refractivity contribution is 5.95. The minimum atomic E-state index is 0.160. The van der Waals surface area contributed by atoms with Crippen molar-refractivity contribution < 1.29 is 4.79 Å². The maximum Gasteiger partial charge on any atom is 0.254 e. The molecule has 0 N–H and O–H groups in total. The number of rotatable bonds is 3. The number of amides is 1. The van der Waals surface area contributed by atoms with E-state index in [2.05, 4.69) is 21.8 Å². The molecule has 3 heterocycles.